The van der Waals surface area contributed by atoms with Gasteiger partial charge < -0.3 is 35.8 Å². The van der Waals surface area contributed by atoms with Crippen molar-refractivity contribution < 1.29 is 34.8 Å². The summed E-state index contributed by atoms with van der Waals surface area (Å²) in [5.41, 5.74) is 5.60. The normalized spacial score (nSPS) is 12.4. The number of aromatic hydroxyl groups is 4. The highest BCUT2D eigenvalue weighted by molar-refractivity contribution is 6.15. The van der Waals surface area contributed by atoms with Crippen LogP contribution < -0.4 is 15.4 Å². The summed E-state index contributed by atoms with van der Waals surface area (Å²) in [5.74, 6) is -2.64. The topological polar surface area (TPSA) is 148 Å². The molecular formula is C44H44N2O7. The molecule has 0 aliphatic carbocycles. The van der Waals surface area contributed by atoms with Crippen LogP contribution >= 0.6 is 0 Å². The fourth-order valence-electron chi connectivity index (χ4n) is 7.30. The highest BCUT2D eigenvalue weighted by atomic mass is 16.5. The first-order valence-electron chi connectivity index (χ1n) is 17.6. The number of nitrogens with one attached hydrogen (secondary N) is 2. The van der Waals surface area contributed by atoms with Crippen molar-refractivity contribution in [3.63, 3.8) is 0 Å². The van der Waals surface area contributed by atoms with E-state index in [0.29, 0.717) is 57.1 Å². The van der Waals surface area contributed by atoms with Crippen LogP contribution in [0.1, 0.15) is 74.2 Å². The zero-order valence-electron chi connectivity index (χ0n) is 30.7. The van der Waals surface area contributed by atoms with Crippen LogP contribution in [0.3, 0.4) is 0 Å². The summed E-state index contributed by atoms with van der Waals surface area (Å²) in [6, 6.07) is 26.0. The molecule has 2 atom stereocenters. The Morgan fingerprint density at radius 1 is 0.604 bits per heavy atom. The second kappa shape index (κ2) is 14.8. The lowest BCUT2D eigenvalue weighted by Crippen LogP contribution is -2.28. The summed E-state index contributed by atoms with van der Waals surface area (Å²) >= 11 is 0. The minimum Gasteiger partial charge on any atom is -0.504 e. The molecule has 2 amide bonds. The Balaban J connectivity index is 1.44. The predicted octanol–water partition coefficient (Wildman–Crippen LogP) is 8.48. The molecule has 0 aromatic heterocycles. The Morgan fingerprint density at radius 3 is 1.47 bits per heavy atom. The van der Waals surface area contributed by atoms with Gasteiger partial charge in [-0.25, -0.2) is 0 Å². The molecule has 6 aromatic rings. The van der Waals surface area contributed by atoms with Gasteiger partial charge in [0.2, 0.25) is 0 Å². The number of carbonyl (C=O) groups excluding carboxylic acids is 2. The highest BCUT2D eigenvalue weighted by Gasteiger charge is 2.28. The van der Waals surface area contributed by atoms with E-state index in [1.807, 2.05) is 95.3 Å². The number of fused-ring (bicyclic) bond motifs is 2. The molecule has 0 unspecified atom stereocenters. The van der Waals surface area contributed by atoms with Crippen molar-refractivity contribution in [2.24, 2.45) is 0 Å². The number of carbonyl (C=O) groups is 2. The average Bonchev–Trinajstić information content (AvgIpc) is 3.15. The molecule has 0 heterocycles. The standard InChI is InChI=1S/C44H44N2O7/c1-23-17-31-30(19-34(47)40(49)38(31)43(51)45-21-25(3)28-13-9-7-10-14-28)27(5)36(23)37-24(2)18-32-33(42(37)53-6)20-35(48)41(50)39(32)44(52)46-22-26(4)29-15-11-8-12-16-29/h7-20,25-26,47-50H,21-22H2,1-6H3,(H,45,51)(H,46,52)/t25-,26+/m1/s1. The summed E-state index contributed by atoms with van der Waals surface area (Å²) in [5, 5.41) is 51.5. The number of amides is 2. The van der Waals surface area contributed by atoms with E-state index in [4.69, 9.17) is 4.74 Å². The lowest BCUT2D eigenvalue weighted by Gasteiger charge is -2.23. The van der Waals surface area contributed by atoms with Gasteiger partial charge in [-0.2, -0.15) is 0 Å². The van der Waals surface area contributed by atoms with E-state index >= 15 is 0 Å². The quantitative estimate of drug-likeness (QED) is 0.0781. The van der Waals surface area contributed by atoms with Crippen LogP contribution in [0.5, 0.6) is 28.7 Å². The fraction of sp³-hybridized carbons (Fsp3) is 0.227. The molecule has 0 bridgehead atoms. The van der Waals surface area contributed by atoms with Crippen molar-refractivity contribution in [3.8, 4) is 39.9 Å². The summed E-state index contributed by atoms with van der Waals surface area (Å²) in [7, 11) is 1.50. The van der Waals surface area contributed by atoms with Crippen molar-refractivity contribution in [1.29, 1.82) is 0 Å². The monoisotopic (exact) mass is 712 g/mol. The summed E-state index contributed by atoms with van der Waals surface area (Å²) in [6.07, 6.45) is 0. The minimum absolute atomic E-state index is 0.00149. The second-order valence-electron chi connectivity index (χ2n) is 13.8. The van der Waals surface area contributed by atoms with Crippen LogP contribution in [0.2, 0.25) is 0 Å². The Bertz CT molecular complexity index is 2370. The maximum absolute atomic E-state index is 13.7. The van der Waals surface area contributed by atoms with E-state index in [0.717, 1.165) is 22.3 Å². The molecular weight excluding hydrogens is 668 g/mol. The van der Waals surface area contributed by atoms with E-state index < -0.39 is 34.8 Å². The minimum atomic E-state index is -0.544. The molecule has 6 rings (SSSR count). The van der Waals surface area contributed by atoms with Gasteiger partial charge in [-0.05, 0) is 101 Å². The first kappa shape index (κ1) is 36.6. The van der Waals surface area contributed by atoms with Crippen LogP contribution in [-0.2, 0) is 0 Å². The van der Waals surface area contributed by atoms with Gasteiger partial charge in [0, 0.05) is 29.4 Å². The molecule has 0 spiro atoms. The molecule has 0 fully saturated rings. The van der Waals surface area contributed by atoms with Gasteiger partial charge in [-0.1, -0.05) is 74.5 Å². The van der Waals surface area contributed by atoms with E-state index in [1.165, 1.54) is 19.2 Å². The number of hydrogen-bond donors (Lipinski definition) is 6. The maximum atomic E-state index is 13.7. The molecule has 0 saturated carbocycles. The van der Waals surface area contributed by atoms with E-state index in [9.17, 15) is 30.0 Å². The highest BCUT2D eigenvalue weighted by Crippen LogP contribution is 2.49. The van der Waals surface area contributed by atoms with Crippen molar-refractivity contribution >= 4 is 33.4 Å². The number of phenols is 4. The SMILES string of the molecule is COc1c(-c2c(C)cc3c(C(=O)NC[C@@H](C)c4ccccc4)c(O)c(O)cc3c2C)c(C)cc2c(C(=O)NC[C@H](C)c3ccccc3)c(O)c(O)cc12. The molecule has 6 aromatic carbocycles. The van der Waals surface area contributed by atoms with E-state index in [1.54, 1.807) is 12.1 Å². The van der Waals surface area contributed by atoms with Gasteiger partial charge in [0.15, 0.2) is 23.0 Å². The van der Waals surface area contributed by atoms with Gasteiger partial charge in [-0.3, -0.25) is 9.59 Å². The third kappa shape index (κ3) is 6.78. The van der Waals surface area contributed by atoms with Crippen LogP contribution in [0, 0.1) is 20.8 Å². The Kier molecular flexibility index (Phi) is 10.2. The van der Waals surface area contributed by atoms with Gasteiger partial charge in [-0.15, -0.1) is 0 Å². The zero-order chi connectivity index (χ0) is 38.1. The number of benzene rings is 6. The van der Waals surface area contributed by atoms with E-state index in [-0.39, 0.29) is 23.0 Å². The third-order valence-corrected chi connectivity index (χ3v) is 10.2. The van der Waals surface area contributed by atoms with Crippen LogP contribution in [0.15, 0.2) is 84.9 Å². The summed E-state index contributed by atoms with van der Waals surface area (Å²) in [4.78, 5) is 27.4. The number of phenolic OH excluding ortho intramolecular Hbond substituents is 4. The molecule has 0 radical (unpaired) electrons. The van der Waals surface area contributed by atoms with Crippen molar-refractivity contribution in [2.45, 2.75) is 46.5 Å². The van der Waals surface area contributed by atoms with Crippen molar-refractivity contribution in [3.05, 3.63) is 124 Å². The average molecular weight is 713 g/mol. The molecule has 6 N–H and O–H groups in total. The number of aryl methyl sites for hydroxylation is 3. The fourth-order valence-corrected chi connectivity index (χ4v) is 7.30. The van der Waals surface area contributed by atoms with Gasteiger partial charge >= 0.3 is 0 Å². The molecule has 0 saturated heterocycles. The zero-order valence-corrected chi connectivity index (χ0v) is 30.7. The van der Waals surface area contributed by atoms with E-state index in [2.05, 4.69) is 10.6 Å². The lowest BCUT2D eigenvalue weighted by atomic mass is 9.85. The third-order valence-electron chi connectivity index (χ3n) is 10.2. The first-order valence-corrected chi connectivity index (χ1v) is 17.6. The smallest absolute Gasteiger partial charge is 0.255 e. The van der Waals surface area contributed by atoms with Crippen molar-refractivity contribution in [1.82, 2.24) is 10.6 Å². The van der Waals surface area contributed by atoms with Gasteiger partial charge in [0.05, 0.1) is 18.2 Å². The molecule has 0 aliphatic rings. The number of hydrogen-bond acceptors (Lipinski definition) is 7. The summed E-state index contributed by atoms with van der Waals surface area (Å²) in [6.45, 7) is 10.2. The maximum Gasteiger partial charge on any atom is 0.255 e. The first-order chi connectivity index (χ1) is 25.3. The van der Waals surface area contributed by atoms with Crippen LogP contribution in [0.4, 0.5) is 0 Å². The lowest BCUT2D eigenvalue weighted by molar-refractivity contribution is 0.0941. The predicted molar refractivity (Wildman–Crippen MR) is 209 cm³/mol. The molecule has 9 heteroatoms. The van der Waals surface area contributed by atoms with Crippen LogP contribution in [0.25, 0.3) is 32.7 Å². The number of ether oxygens (including phenoxy) is 1. The summed E-state index contributed by atoms with van der Waals surface area (Å²) < 4.78 is 6.02. The second-order valence-corrected chi connectivity index (χ2v) is 13.8. The van der Waals surface area contributed by atoms with Gasteiger partial charge in [0.25, 0.3) is 11.8 Å². The number of rotatable bonds is 10. The molecule has 272 valence electrons. The van der Waals surface area contributed by atoms with Crippen molar-refractivity contribution in [2.75, 3.05) is 20.2 Å². The molecule has 53 heavy (non-hydrogen) atoms. The van der Waals surface area contributed by atoms with Crippen LogP contribution in [-0.4, -0.2) is 52.4 Å². The largest absolute Gasteiger partial charge is 0.504 e. The number of methoxy groups -OCH3 is 1. The molecule has 9 nitrogen and oxygen atoms in total. The molecule has 0 aliphatic heterocycles. The van der Waals surface area contributed by atoms with Gasteiger partial charge in [0.1, 0.15) is 5.75 Å². The Labute approximate surface area is 308 Å². The Morgan fingerprint density at radius 2 is 1.02 bits per heavy atom. The Hall–Kier alpha value is -6.22.